The second kappa shape index (κ2) is 6.50. The fourth-order valence-electron chi connectivity index (χ4n) is 2.48. The van der Waals surface area contributed by atoms with E-state index in [1.165, 1.54) is 36.2 Å². The van der Waals surface area contributed by atoms with E-state index < -0.39 is 0 Å². The van der Waals surface area contributed by atoms with Gasteiger partial charge in [-0.2, -0.15) is 0 Å². The van der Waals surface area contributed by atoms with E-state index in [0.29, 0.717) is 6.61 Å². The van der Waals surface area contributed by atoms with Gasteiger partial charge in [0.05, 0.1) is 6.61 Å². The Morgan fingerprint density at radius 2 is 1.82 bits per heavy atom. The maximum absolute atomic E-state index is 8.92. The Bertz CT molecular complexity index is 351. The molecule has 0 aromatic heterocycles. The quantitative estimate of drug-likeness (QED) is 0.636. The monoisotopic (exact) mass is 300 g/mol. The van der Waals surface area contributed by atoms with Gasteiger partial charge in [0.1, 0.15) is 39.3 Å². The molecule has 0 spiro atoms. The number of nitrogens with one attached hydrogen (secondary N) is 2. The molecule has 4 heteroatoms. The second-order valence-corrected chi connectivity index (χ2v) is 5.70. The minimum Gasteiger partial charge on any atom is -0.391 e. The van der Waals surface area contributed by atoms with Crippen LogP contribution in [0.5, 0.6) is 0 Å². The Morgan fingerprint density at radius 3 is 2.47 bits per heavy atom. The molecule has 2 rings (SSSR count). The Balaban J connectivity index is 1.82. The number of halogens is 1. The fraction of sp³-hybridized carbons (Fsp3) is 0.538. The lowest BCUT2D eigenvalue weighted by atomic mass is 10.2. The summed E-state index contributed by atoms with van der Waals surface area (Å²) in [7, 11) is 0. The smallest absolute Gasteiger partial charge is 0.127 e. The largest absolute Gasteiger partial charge is 0.391 e. The number of benzene rings is 1. The zero-order chi connectivity index (χ0) is 12.1. The average molecular weight is 301 g/mol. The van der Waals surface area contributed by atoms with Crippen LogP contribution in [0.2, 0.25) is 0 Å². The van der Waals surface area contributed by atoms with Crippen molar-refractivity contribution >= 4 is 15.9 Å². The van der Waals surface area contributed by atoms with Crippen LogP contribution in [0.3, 0.4) is 0 Å². The summed E-state index contributed by atoms with van der Waals surface area (Å²) in [6.07, 6.45) is 0. The third-order valence-corrected chi connectivity index (χ3v) is 3.97. The summed E-state index contributed by atoms with van der Waals surface area (Å²) in [5.41, 5.74) is 1.40. The summed E-state index contributed by atoms with van der Waals surface area (Å²) < 4.78 is 1.17. The van der Waals surface area contributed by atoms with Crippen LogP contribution in [0.1, 0.15) is 5.56 Å². The molecule has 0 amide bonds. The first-order valence-corrected chi connectivity index (χ1v) is 7.09. The second-order valence-electron chi connectivity index (χ2n) is 4.78. The lowest BCUT2D eigenvalue weighted by Gasteiger charge is -2.29. The van der Waals surface area contributed by atoms with E-state index in [-0.39, 0.29) is 0 Å². The maximum atomic E-state index is 8.92. The van der Waals surface area contributed by atoms with Crippen LogP contribution in [-0.2, 0) is 6.54 Å². The van der Waals surface area contributed by atoms with Crippen LogP contribution in [0.4, 0.5) is 0 Å². The summed E-state index contributed by atoms with van der Waals surface area (Å²) in [5, 5.41) is 8.92. The zero-order valence-corrected chi connectivity index (χ0v) is 11.7. The van der Waals surface area contributed by atoms with Gasteiger partial charge in [-0.1, -0.05) is 28.1 Å². The number of quaternary nitrogens is 2. The lowest BCUT2D eigenvalue weighted by Crippen LogP contribution is -3.27. The molecule has 94 valence electrons. The van der Waals surface area contributed by atoms with E-state index in [9.17, 15) is 0 Å². The minimum atomic E-state index is 0.316. The highest BCUT2D eigenvalue weighted by molar-refractivity contribution is 9.10. The molecule has 1 aromatic carbocycles. The van der Waals surface area contributed by atoms with Gasteiger partial charge in [0.15, 0.2) is 0 Å². The van der Waals surface area contributed by atoms with E-state index in [1.807, 2.05) is 0 Å². The van der Waals surface area contributed by atoms with Gasteiger partial charge >= 0.3 is 0 Å². The minimum absolute atomic E-state index is 0.316. The molecular formula is C13H21BrN2O+2. The van der Waals surface area contributed by atoms with Crippen molar-refractivity contribution in [3.8, 4) is 0 Å². The summed E-state index contributed by atoms with van der Waals surface area (Å²) >= 11 is 3.52. The van der Waals surface area contributed by atoms with Gasteiger partial charge in [-0.05, 0) is 12.1 Å². The van der Waals surface area contributed by atoms with E-state index in [1.54, 1.807) is 9.80 Å². The van der Waals surface area contributed by atoms with Gasteiger partial charge in [0.2, 0.25) is 0 Å². The normalized spacial score (nSPS) is 24.8. The van der Waals surface area contributed by atoms with Crippen molar-refractivity contribution in [1.29, 1.82) is 0 Å². The Hall–Kier alpha value is -0.420. The van der Waals surface area contributed by atoms with Crippen molar-refractivity contribution in [2.75, 3.05) is 39.3 Å². The molecule has 0 atom stereocenters. The molecule has 1 saturated heterocycles. The Labute approximate surface area is 111 Å². The first-order chi connectivity index (χ1) is 8.28. The number of hydrogen-bond acceptors (Lipinski definition) is 1. The van der Waals surface area contributed by atoms with E-state index in [2.05, 4.69) is 40.2 Å². The van der Waals surface area contributed by atoms with Crippen LogP contribution in [0, 0.1) is 0 Å². The Morgan fingerprint density at radius 1 is 1.12 bits per heavy atom. The molecule has 0 saturated carbocycles. The van der Waals surface area contributed by atoms with Crippen molar-refractivity contribution in [3.63, 3.8) is 0 Å². The number of piperazine rings is 1. The van der Waals surface area contributed by atoms with E-state index in [4.69, 9.17) is 5.11 Å². The summed E-state index contributed by atoms with van der Waals surface area (Å²) in [6.45, 7) is 7.13. The number of aliphatic hydroxyl groups is 1. The van der Waals surface area contributed by atoms with Gasteiger partial charge in [-0.15, -0.1) is 0 Å². The van der Waals surface area contributed by atoms with E-state index >= 15 is 0 Å². The molecule has 17 heavy (non-hydrogen) atoms. The van der Waals surface area contributed by atoms with Gasteiger partial charge in [0.25, 0.3) is 0 Å². The molecule has 1 aromatic rings. The van der Waals surface area contributed by atoms with Crippen molar-refractivity contribution in [1.82, 2.24) is 0 Å². The number of hydrogen-bond donors (Lipinski definition) is 3. The summed E-state index contributed by atoms with van der Waals surface area (Å²) in [6, 6.07) is 8.58. The zero-order valence-electron chi connectivity index (χ0n) is 10.1. The van der Waals surface area contributed by atoms with Crippen molar-refractivity contribution in [2.24, 2.45) is 0 Å². The van der Waals surface area contributed by atoms with Crippen LogP contribution < -0.4 is 9.80 Å². The van der Waals surface area contributed by atoms with Crippen LogP contribution >= 0.6 is 15.9 Å². The molecule has 3 nitrogen and oxygen atoms in total. The number of aliphatic hydroxyl groups excluding tert-OH is 1. The molecule has 1 aliphatic rings. The predicted octanol–water partition coefficient (Wildman–Crippen LogP) is -1.28. The third kappa shape index (κ3) is 4.07. The SMILES string of the molecule is OCC[NH+]1CC[NH+](Cc2cccc(Br)c2)CC1. The summed E-state index contributed by atoms with van der Waals surface area (Å²) in [4.78, 5) is 3.20. The van der Waals surface area contributed by atoms with Crippen molar-refractivity contribution < 1.29 is 14.9 Å². The highest BCUT2D eigenvalue weighted by atomic mass is 79.9. The third-order valence-electron chi connectivity index (χ3n) is 3.47. The van der Waals surface area contributed by atoms with E-state index in [0.717, 1.165) is 13.1 Å². The van der Waals surface area contributed by atoms with Crippen LogP contribution in [0.15, 0.2) is 28.7 Å². The summed E-state index contributed by atoms with van der Waals surface area (Å²) in [5.74, 6) is 0. The first kappa shape index (κ1) is 13.0. The Kier molecular flexibility index (Phi) is 4.98. The predicted molar refractivity (Wildman–Crippen MR) is 71.2 cm³/mol. The lowest BCUT2D eigenvalue weighted by molar-refractivity contribution is -1.02. The molecule has 1 heterocycles. The van der Waals surface area contributed by atoms with Gasteiger partial charge < -0.3 is 14.9 Å². The van der Waals surface area contributed by atoms with Crippen LogP contribution in [-0.4, -0.2) is 44.4 Å². The molecule has 3 N–H and O–H groups in total. The average Bonchev–Trinajstić information content (AvgIpc) is 2.32. The van der Waals surface area contributed by atoms with Crippen molar-refractivity contribution in [2.45, 2.75) is 6.54 Å². The maximum Gasteiger partial charge on any atom is 0.127 e. The molecule has 1 aliphatic heterocycles. The van der Waals surface area contributed by atoms with Gasteiger partial charge in [-0.3, -0.25) is 0 Å². The van der Waals surface area contributed by atoms with Gasteiger partial charge in [-0.25, -0.2) is 0 Å². The first-order valence-electron chi connectivity index (χ1n) is 6.30. The number of rotatable bonds is 4. The van der Waals surface area contributed by atoms with Gasteiger partial charge in [0, 0.05) is 10.0 Å². The molecule has 0 unspecified atom stereocenters. The van der Waals surface area contributed by atoms with Crippen molar-refractivity contribution in [3.05, 3.63) is 34.3 Å². The molecule has 0 radical (unpaired) electrons. The molecule has 0 bridgehead atoms. The highest BCUT2D eigenvalue weighted by Crippen LogP contribution is 2.10. The molecular weight excluding hydrogens is 280 g/mol. The topological polar surface area (TPSA) is 29.1 Å². The molecule has 0 aliphatic carbocycles. The fourth-order valence-corrected chi connectivity index (χ4v) is 2.92. The standard InChI is InChI=1S/C13H19BrN2O/c14-13-3-1-2-12(10-13)11-16-6-4-15(5-7-16)8-9-17/h1-3,10,17H,4-9,11H2/p+2. The molecule has 1 fully saturated rings. The van der Waals surface area contributed by atoms with Crippen LogP contribution in [0.25, 0.3) is 0 Å². The highest BCUT2D eigenvalue weighted by Gasteiger charge is 2.22.